The molecule has 118 valence electrons. The average molecular weight is 320 g/mol. The molecule has 21 heavy (non-hydrogen) atoms. The van der Waals surface area contributed by atoms with Gasteiger partial charge in [-0.2, -0.15) is 4.31 Å². The lowest BCUT2D eigenvalue weighted by Gasteiger charge is -2.31. The van der Waals surface area contributed by atoms with E-state index in [-0.39, 0.29) is 25.6 Å². The Morgan fingerprint density at radius 1 is 1.33 bits per heavy atom. The highest BCUT2D eigenvalue weighted by Crippen LogP contribution is 2.28. The van der Waals surface area contributed by atoms with E-state index in [1.54, 1.807) is 0 Å². The number of benzene rings is 1. The molecule has 1 aliphatic heterocycles. The molecule has 1 fully saturated rings. The van der Waals surface area contributed by atoms with Crippen LogP contribution in [0.3, 0.4) is 0 Å². The minimum Gasteiger partial charge on any atom is -0.396 e. The first-order valence-electron chi connectivity index (χ1n) is 6.71. The van der Waals surface area contributed by atoms with Crippen LogP contribution in [0.5, 0.6) is 0 Å². The second-order valence-electron chi connectivity index (χ2n) is 5.19. The Morgan fingerprint density at radius 3 is 2.71 bits per heavy atom. The molecule has 0 amide bonds. The van der Waals surface area contributed by atoms with E-state index in [4.69, 9.17) is 10.8 Å². The van der Waals surface area contributed by atoms with Crippen molar-refractivity contribution in [2.75, 3.05) is 25.4 Å². The van der Waals surface area contributed by atoms with E-state index in [0.29, 0.717) is 18.9 Å². The van der Waals surface area contributed by atoms with Gasteiger partial charge in [0.2, 0.25) is 10.0 Å². The molecule has 0 saturated carbocycles. The van der Waals surface area contributed by atoms with Crippen LogP contribution in [0.15, 0.2) is 17.0 Å². The molecule has 0 bridgehead atoms. The summed E-state index contributed by atoms with van der Waals surface area (Å²) in [5.41, 5.74) is 4.93. The van der Waals surface area contributed by atoms with Gasteiger partial charge in [0.25, 0.3) is 0 Å². The highest BCUT2D eigenvalue weighted by atomic mass is 32.2. The van der Waals surface area contributed by atoms with Gasteiger partial charge in [-0.25, -0.2) is 17.2 Å². The molecule has 1 aromatic rings. The van der Waals surface area contributed by atoms with Crippen LogP contribution < -0.4 is 5.73 Å². The number of rotatable bonds is 4. The van der Waals surface area contributed by atoms with Crippen molar-refractivity contribution in [3.05, 3.63) is 23.8 Å². The van der Waals surface area contributed by atoms with Gasteiger partial charge in [0.15, 0.2) is 0 Å². The first kappa shape index (κ1) is 16.1. The number of hydrogen-bond acceptors (Lipinski definition) is 4. The number of aliphatic hydroxyl groups is 1. The number of nitrogens with zero attached hydrogens (tertiary/aromatic N) is 1. The van der Waals surface area contributed by atoms with Crippen molar-refractivity contribution in [2.24, 2.45) is 5.92 Å². The second kappa shape index (κ2) is 6.25. The maximum atomic E-state index is 13.8. The average Bonchev–Trinajstić information content (AvgIpc) is 2.43. The van der Waals surface area contributed by atoms with E-state index in [0.717, 1.165) is 12.5 Å². The molecule has 1 heterocycles. The molecule has 0 aliphatic carbocycles. The molecule has 0 radical (unpaired) electrons. The number of nitrogens with two attached hydrogens (primary N) is 1. The van der Waals surface area contributed by atoms with Crippen molar-refractivity contribution in [3.8, 4) is 0 Å². The number of aliphatic hydroxyl groups excluding tert-OH is 1. The van der Waals surface area contributed by atoms with E-state index in [1.807, 2.05) is 0 Å². The van der Waals surface area contributed by atoms with Crippen LogP contribution in [-0.2, 0) is 10.0 Å². The van der Waals surface area contributed by atoms with Crippen molar-refractivity contribution < 1.29 is 22.3 Å². The van der Waals surface area contributed by atoms with Crippen molar-refractivity contribution in [3.63, 3.8) is 0 Å². The second-order valence-corrected chi connectivity index (χ2v) is 7.09. The molecular weight excluding hydrogens is 302 g/mol. The molecule has 5 nitrogen and oxygen atoms in total. The zero-order valence-corrected chi connectivity index (χ0v) is 12.2. The van der Waals surface area contributed by atoms with Gasteiger partial charge in [0.1, 0.15) is 16.5 Å². The summed E-state index contributed by atoms with van der Waals surface area (Å²) in [5, 5.41) is 8.95. The third-order valence-corrected chi connectivity index (χ3v) is 5.57. The number of nitrogen functional groups attached to an aromatic ring is 1. The standard InChI is InChI=1S/C13H18F2N2O3S/c14-10-6-11(15)13(7-12(10)16)21(19,20)17-4-1-2-9(8-17)3-5-18/h6-7,9,18H,1-5,8,16H2. The van der Waals surface area contributed by atoms with Gasteiger partial charge in [0, 0.05) is 25.8 Å². The number of hydrogen-bond donors (Lipinski definition) is 2. The third-order valence-electron chi connectivity index (χ3n) is 3.69. The molecule has 1 saturated heterocycles. The van der Waals surface area contributed by atoms with Crippen molar-refractivity contribution in [2.45, 2.75) is 24.2 Å². The Labute approximate surface area is 122 Å². The van der Waals surface area contributed by atoms with E-state index < -0.39 is 32.2 Å². The first-order valence-corrected chi connectivity index (χ1v) is 8.15. The summed E-state index contributed by atoms with van der Waals surface area (Å²) in [6, 6.07) is 1.30. The van der Waals surface area contributed by atoms with E-state index in [1.165, 1.54) is 4.31 Å². The van der Waals surface area contributed by atoms with Crippen LogP contribution in [0.25, 0.3) is 0 Å². The lowest BCUT2D eigenvalue weighted by atomic mass is 9.97. The lowest BCUT2D eigenvalue weighted by molar-refractivity contribution is 0.202. The predicted octanol–water partition coefficient (Wildman–Crippen LogP) is 1.33. The van der Waals surface area contributed by atoms with E-state index in [9.17, 15) is 17.2 Å². The Bertz CT molecular complexity index is 620. The largest absolute Gasteiger partial charge is 0.396 e. The Balaban J connectivity index is 2.31. The molecule has 0 aromatic heterocycles. The Hall–Kier alpha value is -1.25. The fourth-order valence-electron chi connectivity index (χ4n) is 2.54. The molecule has 1 unspecified atom stereocenters. The summed E-state index contributed by atoms with van der Waals surface area (Å²) in [6.07, 6.45) is 1.96. The maximum Gasteiger partial charge on any atom is 0.246 e. The highest BCUT2D eigenvalue weighted by Gasteiger charge is 2.32. The number of halogens is 2. The van der Waals surface area contributed by atoms with Crippen LogP contribution in [0.2, 0.25) is 0 Å². The van der Waals surface area contributed by atoms with Crippen LogP contribution >= 0.6 is 0 Å². The summed E-state index contributed by atoms with van der Waals surface area (Å²) < 4.78 is 53.0. The molecule has 0 spiro atoms. The molecular formula is C13H18F2N2O3S. The van der Waals surface area contributed by atoms with Gasteiger partial charge in [0.05, 0.1) is 5.69 Å². The summed E-state index contributed by atoms with van der Waals surface area (Å²) >= 11 is 0. The minimum absolute atomic E-state index is 0.0174. The Kier molecular flexibility index (Phi) is 4.80. The number of piperidine rings is 1. The van der Waals surface area contributed by atoms with Crippen molar-refractivity contribution in [1.29, 1.82) is 0 Å². The van der Waals surface area contributed by atoms with Crippen LogP contribution in [-0.4, -0.2) is 37.5 Å². The SMILES string of the molecule is Nc1cc(S(=O)(=O)N2CCCC(CCO)C2)c(F)cc1F. The molecule has 8 heteroatoms. The predicted molar refractivity (Wildman–Crippen MR) is 74.0 cm³/mol. The van der Waals surface area contributed by atoms with Gasteiger partial charge < -0.3 is 10.8 Å². The number of anilines is 1. The van der Waals surface area contributed by atoms with Crippen LogP contribution in [0.1, 0.15) is 19.3 Å². The van der Waals surface area contributed by atoms with Crippen LogP contribution in [0, 0.1) is 17.6 Å². The van der Waals surface area contributed by atoms with Crippen LogP contribution in [0.4, 0.5) is 14.5 Å². The van der Waals surface area contributed by atoms with Crippen molar-refractivity contribution >= 4 is 15.7 Å². The minimum atomic E-state index is -4.05. The third kappa shape index (κ3) is 3.33. The Morgan fingerprint density at radius 2 is 2.05 bits per heavy atom. The summed E-state index contributed by atoms with van der Waals surface area (Å²) in [6.45, 7) is 0.483. The van der Waals surface area contributed by atoms with E-state index >= 15 is 0 Å². The van der Waals surface area contributed by atoms with Gasteiger partial charge in [-0.3, -0.25) is 0 Å². The zero-order chi connectivity index (χ0) is 15.6. The normalized spacial score (nSPS) is 20.6. The fourth-order valence-corrected chi connectivity index (χ4v) is 4.18. The number of sulfonamides is 1. The van der Waals surface area contributed by atoms with Gasteiger partial charge >= 0.3 is 0 Å². The van der Waals surface area contributed by atoms with Gasteiger partial charge in [-0.1, -0.05) is 0 Å². The maximum absolute atomic E-state index is 13.8. The van der Waals surface area contributed by atoms with Gasteiger partial charge in [-0.05, 0) is 31.2 Å². The zero-order valence-electron chi connectivity index (χ0n) is 11.4. The summed E-state index contributed by atoms with van der Waals surface area (Å²) in [7, 11) is -4.05. The summed E-state index contributed by atoms with van der Waals surface area (Å²) in [5.74, 6) is -2.09. The van der Waals surface area contributed by atoms with Gasteiger partial charge in [-0.15, -0.1) is 0 Å². The topological polar surface area (TPSA) is 83.6 Å². The fraction of sp³-hybridized carbons (Fsp3) is 0.538. The molecule has 2 rings (SSSR count). The van der Waals surface area contributed by atoms with Crippen molar-refractivity contribution in [1.82, 2.24) is 4.31 Å². The monoisotopic (exact) mass is 320 g/mol. The quantitative estimate of drug-likeness (QED) is 0.820. The lowest BCUT2D eigenvalue weighted by Crippen LogP contribution is -2.40. The van der Waals surface area contributed by atoms with E-state index in [2.05, 4.69) is 0 Å². The molecule has 1 atom stereocenters. The molecule has 1 aliphatic rings. The highest BCUT2D eigenvalue weighted by molar-refractivity contribution is 7.89. The molecule has 1 aromatic carbocycles. The molecule has 3 N–H and O–H groups in total. The summed E-state index contributed by atoms with van der Waals surface area (Å²) in [4.78, 5) is -0.606. The smallest absolute Gasteiger partial charge is 0.246 e. The first-order chi connectivity index (χ1) is 9.86.